The summed E-state index contributed by atoms with van der Waals surface area (Å²) in [5, 5.41) is 8.25. The first-order valence-corrected chi connectivity index (χ1v) is 3.40. The zero-order valence-corrected chi connectivity index (χ0v) is 5.77. The molecule has 3 heteroatoms. The molecule has 1 aliphatic heterocycles. The second-order valence-electron chi connectivity index (χ2n) is 2.60. The lowest BCUT2D eigenvalue weighted by Gasteiger charge is -2.26. The van der Waals surface area contributed by atoms with Gasteiger partial charge in [0.05, 0.1) is 12.5 Å². The molecule has 0 atom stereocenters. The molecule has 56 valence electrons. The van der Waals surface area contributed by atoms with E-state index in [1.54, 1.807) is 0 Å². The van der Waals surface area contributed by atoms with E-state index in [0.717, 1.165) is 0 Å². The predicted octanol–water partition coefficient (Wildman–Crippen LogP) is 1.42. The maximum Gasteiger partial charge on any atom is 0.128 e. The van der Waals surface area contributed by atoms with E-state index in [0.29, 0.717) is 26.1 Å². The monoisotopic (exact) mass is 143 g/mol. The number of ether oxygens (including phenoxy) is 1. The maximum atomic E-state index is 13.3. The third kappa shape index (κ3) is 1.68. The zero-order chi connectivity index (χ0) is 7.45. The van der Waals surface area contributed by atoms with Crippen LogP contribution in [0, 0.1) is 11.3 Å². The van der Waals surface area contributed by atoms with E-state index < -0.39 is 5.67 Å². The van der Waals surface area contributed by atoms with Gasteiger partial charge in [-0.15, -0.1) is 0 Å². The van der Waals surface area contributed by atoms with Crippen LogP contribution in [0.3, 0.4) is 0 Å². The second kappa shape index (κ2) is 2.98. The maximum absolute atomic E-state index is 13.3. The smallest absolute Gasteiger partial charge is 0.128 e. The molecule has 0 N–H and O–H groups in total. The molecule has 0 spiro atoms. The summed E-state index contributed by atoms with van der Waals surface area (Å²) in [7, 11) is 0. The molecule has 0 aromatic heterocycles. The average molecular weight is 143 g/mol. The molecule has 0 unspecified atom stereocenters. The number of rotatable bonds is 1. The molecule has 1 saturated heterocycles. The fourth-order valence-electron chi connectivity index (χ4n) is 1.06. The van der Waals surface area contributed by atoms with Crippen molar-refractivity contribution in [3.8, 4) is 6.07 Å². The van der Waals surface area contributed by atoms with Crippen LogP contribution >= 0.6 is 0 Å². The molecule has 0 aromatic carbocycles. The predicted molar refractivity (Wildman–Crippen MR) is 34.1 cm³/mol. The minimum absolute atomic E-state index is 0.0103. The third-order valence-electron chi connectivity index (χ3n) is 1.78. The molecule has 0 saturated carbocycles. The van der Waals surface area contributed by atoms with Crippen molar-refractivity contribution in [2.75, 3.05) is 13.2 Å². The molecular weight excluding hydrogens is 133 g/mol. The fraction of sp³-hybridized carbons (Fsp3) is 0.857. The van der Waals surface area contributed by atoms with Crippen molar-refractivity contribution in [1.29, 1.82) is 5.26 Å². The van der Waals surface area contributed by atoms with E-state index in [1.807, 2.05) is 6.07 Å². The molecule has 1 fully saturated rings. The number of hydrogen-bond donors (Lipinski definition) is 0. The Labute approximate surface area is 59.6 Å². The van der Waals surface area contributed by atoms with E-state index in [1.165, 1.54) is 0 Å². The Hall–Kier alpha value is -0.620. The lowest BCUT2D eigenvalue weighted by atomic mass is 9.94. The number of nitrogens with zero attached hydrogens (tertiary/aromatic N) is 1. The molecule has 0 bridgehead atoms. The Morgan fingerprint density at radius 3 is 2.60 bits per heavy atom. The van der Waals surface area contributed by atoms with E-state index >= 15 is 0 Å². The SMILES string of the molecule is N#CCC1(F)CCOCC1. The Morgan fingerprint density at radius 2 is 2.10 bits per heavy atom. The highest BCUT2D eigenvalue weighted by Crippen LogP contribution is 2.27. The molecule has 1 rings (SSSR count). The van der Waals surface area contributed by atoms with Gasteiger partial charge in [-0.05, 0) is 0 Å². The average Bonchev–Trinajstić information content (AvgIpc) is 1.89. The molecule has 0 aliphatic carbocycles. The van der Waals surface area contributed by atoms with Crippen LogP contribution in [-0.4, -0.2) is 18.9 Å². The van der Waals surface area contributed by atoms with Crippen LogP contribution < -0.4 is 0 Å². The van der Waals surface area contributed by atoms with Gasteiger partial charge in [-0.2, -0.15) is 5.26 Å². The molecule has 0 amide bonds. The molecule has 0 aromatic rings. The summed E-state index contributed by atoms with van der Waals surface area (Å²) in [6.07, 6.45) is 0.761. The van der Waals surface area contributed by atoms with Crippen molar-refractivity contribution < 1.29 is 9.13 Å². The fourth-order valence-corrected chi connectivity index (χ4v) is 1.06. The summed E-state index contributed by atoms with van der Waals surface area (Å²) in [5.74, 6) is 0. The number of alkyl halides is 1. The summed E-state index contributed by atoms with van der Waals surface area (Å²) in [6, 6.07) is 1.85. The summed E-state index contributed by atoms with van der Waals surface area (Å²) >= 11 is 0. The Bertz CT molecular complexity index is 146. The van der Waals surface area contributed by atoms with Gasteiger partial charge >= 0.3 is 0 Å². The largest absolute Gasteiger partial charge is 0.381 e. The highest BCUT2D eigenvalue weighted by atomic mass is 19.1. The van der Waals surface area contributed by atoms with Crippen molar-refractivity contribution in [2.24, 2.45) is 0 Å². The van der Waals surface area contributed by atoms with Crippen LogP contribution in [0.25, 0.3) is 0 Å². The van der Waals surface area contributed by atoms with Gasteiger partial charge in [0.25, 0.3) is 0 Å². The minimum Gasteiger partial charge on any atom is -0.381 e. The Balaban J connectivity index is 2.42. The summed E-state index contributed by atoms with van der Waals surface area (Å²) in [6.45, 7) is 0.913. The van der Waals surface area contributed by atoms with Gasteiger partial charge in [0.2, 0.25) is 0 Å². The molecule has 1 aliphatic rings. The molecule has 2 nitrogen and oxygen atoms in total. The zero-order valence-electron chi connectivity index (χ0n) is 5.77. The number of nitriles is 1. The van der Waals surface area contributed by atoms with Gasteiger partial charge in [0.1, 0.15) is 5.67 Å². The van der Waals surface area contributed by atoms with Crippen LogP contribution in [-0.2, 0) is 4.74 Å². The third-order valence-corrected chi connectivity index (χ3v) is 1.78. The standard InChI is InChI=1S/C7H10FNO/c8-7(1-4-9)2-5-10-6-3-7/h1-3,5-6H2. The van der Waals surface area contributed by atoms with Gasteiger partial charge in [0.15, 0.2) is 0 Å². The van der Waals surface area contributed by atoms with Gasteiger partial charge < -0.3 is 4.74 Å². The lowest BCUT2D eigenvalue weighted by Crippen LogP contribution is -2.31. The van der Waals surface area contributed by atoms with Crippen LogP contribution in [0.15, 0.2) is 0 Å². The van der Waals surface area contributed by atoms with E-state index in [-0.39, 0.29) is 6.42 Å². The van der Waals surface area contributed by atoms with Crippen molar-refractivity contribution in [1.82, 2.24) is 0 Å². The summed E-state index contributed by atoms with van der Waals surface area (Å²) in [5.41, 5.74) is -1.26. The van der Waals surface area contributed by atoms with Gasteiger partial charge in [-0.3, -0.25) is 0 Å². The Kier molecular flexibility index (Phi) is 2.23. The van der Waals surface area contributed by atoms with Gasteiger partial charge in [-0.1, -0.05) is 0 Å². The highest BCUT2D eigenvalue weighted by molar-refractivity contribution is 4.90. The topological polar surface area (TPSA) is 33.0 Å². The Morgan fingerprint density at radius 1 is 1.50 bits per heavy atom. The van der Waals surface area contributed by atoms with Gasteiger partial charge in [0, 0.05) is 26.1 Å². The van der Waals surface area contributed by atoms with Crippen molar-refractivity contribution in [2.45, 2.75) is 24.9 Å². The van der Waals surface area contributed by atoms with E-state index in [2.05, 4.69) is 0 Å². The van der Waals surface area contributed by atoms with Crippen LogP contribution in [0.2, 0.25) is 0 Å². The first-order valence-electron chi connectivity index (χ1n) is 3.40. The summed E-state index contributed by atoms with van der Waals surface area (Å²) < 4.78 is 18.2. The van der Waals surface area contributed by atoms with Crippen LogP contribution in [0.5, 0.6) is 0 Å². The van der Waals surface area contributed by atoms with Crippen molar-refractivity contribution in [3.63, 3.8) is 0 Å². The summed E-state index contributed by atoms with van der Waals surface area (Å²) in [4.78, 5) is 0. The van der Waals surface area contributed by atoms with Crippen molar-refractivity contribution >= 4 is 0 Å². The van der Waals surface area contributed by atoms with Crippen LogP contribution in [0.4, 0.5) is 4.39 Å². The molecular formula is C7H10FNO. The molecule has 0 radical (unpaired) electrons. The molecule has 1 heterocycles. The lowest BCUT2D eigenvalue weighted by molar-refractivity contribution is -0.00581. The normalized spacial score (nSPS) is 23.6. The van der Waals surface area contributed by atoms with Crippen LogP contribution in [0.1, 0.15) is 19.3 Å². The van der Waals surface area contributed by atoms with E-state index in [4.69, 9.17) is 10.00 Å². The first-order chi connectivity index (χ1) is 4.77. The number of hydrogen-bond acceptors (Lipinski definition) is 2. The second-order valence-corrected chi connectivity index (χ2v) is 2.60. The number of halogens is 1. The quantitative estimate of drug-likeness (QED) is 0.556. The molecule has 10 heavy (non-hydrogen) atoms. The minimum atomic E-state index is -1.26. The van der Waals surface area contributed by atoms with Gasteiger partial charge in [-0.25, -0.2) is 4.39 Å². The highest BCUT2D eigenvalue weighted by Gasteiger charge is 2.31. The van der Waals surface area contributed by atoms with E-state index in [9.17, 15) is 4.39 Å². The first kappa shape index (κ1) is 7.49. The van der Waals surface area contributed by atoms with Crippen molar-refractivity contribution in [3.05, 3.63) is 0 Å².